The lowest BCUT2D eigenvalue weighted by Crippen LogP contribution is -2.12. The van der Waals surface area contributed by atoms with Crippen molar-refractivity contribution in [3.05, 3.63) is 63.2 Å². The molecule has 7 nitrogen and oxygen atoms in total. The van der Waals surface area contributed by atoms with E-state index in [4.69, 9.17) is 10.00 Å². The fourth-order valence-electron chi connectivity index (χ4n) is 1.67. The van der Waals surface area contributed by atoms with Crippen LogP contribution < -0.4 is 4.74 Å². The minimum atomic E-state index is -0.985. The van der Waals surface area contributed by atoms with Crippen LogP contribution in [0.4, 0.5) is 10.1 Å². The predicted octanol–water partition coefficient (Wildman–Crippen LogP) is 2.53. The van der Waals surface area contributed by atoms with Crippen molar-refractivity contribution in [3.8, 4) is 11.8 Å². The molecular weight excluding hydrogens is 293 g/mol. The number of hydrogen-bond acceptors (Lipinski definition) is 6. The largest absolute Gasteiger partial charge is 0.414 e. The molecule has 2 rings (SSSR count). The molecule has 1 heterocycles. The number of carbonyl (C=O) groups excluding carboxylic acids is 1. The second kappa shape index (κ2) is 5.97. The standard InChI is InChI=1S/C14H8FN3O4/c1-8-9(7-16)2-4-11(17-8)14(19)22-13-6-10(15)3-5-12(13)18(20)21/h2-6H,1H3. The van der Waals surface area contributed by atoms with Crippen LogP contribution in [-0.2, 0) is 0 Å². The van der Waals surface area contributed by atoms with Gasteiger partial charge >= 0.3 is 11.7 Å². The molecule has 0 saturated carbocycles. The molecule has 0 bridgehead atoms. The lowest BCUT2D eigenvalue weighted by atomic mass is 10.2. The lowest BCUT2D eigenvalue weighted by molar-refractivity contribution is -0.385. The number of halogens is 1. The first-order chi connectivity index (χ1) is 10.4. The maximum atomic E-state index is 13.2. The van der Waals surface area contributed by atoms with Crippen LogP contribution in [0, 0.1) is 34.2 Å². The molecule has 0 saturated heterocycles. The first kappa shape index (κ1) is 15.1. The summed E-state index contributed by atoms with van der Waals surface area (Å²) in [5.74, 6) is -2.28. The Morgan fingerprint density at radius 1 is 1.41 bits per heavy atom. The number of nitro groups is 1. The second-order valence-electron chi connectivity index (χ2n) is 4.20. The maximum absolute atomic E-state index is 13.2. The molecule has 0 unspecified atom stereocenters. The summed E-state index contributed by atoms with van der Waals surface area (Å²) in [6.45, 7) is 1.53. The smallest absolute Gasteiger partial charge is 0.362 e. The Labute approximate surface area is 123 Å². The molecule has 0 fully saturated rings. The minimum absolute atomic E-state index is 0.143. The van der Waals surface area contributed by atoms with Crippen molar-refractivity contribution in [2.75, 3.05) is 0 Å². The first-order valence-electron chi connectivity index (χ1n) is 5.96. The van der Waals surface area contributed by atoms with Crippen molar-refractivity contribution in [1.29, 1.82) is 5.26 Å². The molecule has 22 heavy (non-hydrogen) atoms. The van der Waals surface area contributed by atoms with Crippen LogP contribution in [0.3, 0.4) is 0 Å². The summed E-state index contributed by atoms with van der Waals surface area (Å²) in [7, 11) is 0. The van der Waals surface area contributed by atoms with E-state index in [2.05, 4.69) is 4.98 Å². The van der Waals surface area contributed by atoms with Gasteiger partial charge in [-0.15, -0.1) is 0 Å². The van der Waals surface area contributed by atoms with Gasteiger partial charge < -0.3 is 4.74 Å². The molecule has 0 amide bonds. The Morgan fingerprint density at radius 3 is 2.73 bits per heavy atom. The number of hydrogen-bond donors (Lipinski definition) is 0. The van der Waals surface area contributed by atoms with E-state index in [1.54, 1.807) is 0 Å². The van der Waals surface area contributed by atoms with Crippen LogP contribution in [0.2, 0.25) is 0 Å². The highest BCUT2D eigenvalue weighted by Gasteiger charge is 2.20. The number of rotatable bonds is 3. The van der Waals surface area contributed by atoms with E-state index in [-0.39, 0.29) is 11.3 Å². The predicted molar refractivity (Wildman–Crippen MR) is 71.7 cm³/mol. The number of aryl methyl sites for hydroxylation is 1. The van der Waals surface area contributed by atoms with Gasteiger partial charge in [0, 0.05) is 12.1 Å². The quantitative estimate of drug-likeness (QED) is 0.373. The van der Waals surface area contributed by atoms with Gasteiger partial charge in [-0.1, -0.05) is 0 Å². The van der Waals surface area contributed by atoms with Crippen molar-refractivity contribution in [1.82, 2.24) is 4.98 Å². The second-order valence-corrected chi connectivity index (χ2v) is 4.20. The van der Waals surface area contributed by atoms with Gasteiger partial charge in [-0.3, -0.25) is 10.1 Å². The van der Waals surface area contributed by atoms with Gasteiger partial charge in [-0.2, -0.15) is 5.26 Å². The van der Waals surface area contributed by atoms with Crippen LogP contribution in [0.1, 0.15) is 21.7 Å². The monoisotopic (exact) mass is 301 g/mol. The number of ether oxygens (including phenoxy) is 1. The Morgan fingerprint density at radius 2 is 2.14 bits per heavy atom. The highest BCUT2D eigenvalue weighted by atomic mass is 19.1. The van der Waals surface area contributed by atoms with Gasteiger partial charge in [-0.25, -0.2) is 14.2 Å². The number of benzene rings is 1. The van der Waals surface area contributed by atoms with E-state index in [9.17, 15) is 19.3 Å². The molecule has 110 valence electrons. The molecule has 0 atom stereocenters. The molecule has 0 spiro atoms. The topological polar surface area (TPSA) is 106 Å². The van der Waals surface area contributed by atoms with Gasteiger partial charge in [-0.05, 0) is 25.1 Å². The van der Waals surface area contributed by atoms with Gasteiger partial charge in [0.1, 0.15) is 17.6 Å². The zero-order valence-electron chi connectivity index (χ0n) is 11.2. The molecule has 0 aliphatic rings. The van der Waals surface area contributed by atoms with Crippen molar-refractivity contribution in [3.63, 3.8) is 0 Å². The van der Waals surface area contributed by atoms with Gasteiger partial charge in [0.25, 0.3) is 0 Å². The summed E-state index contributed by atoms with van der Waals surface area (Å²) in [5.41, 5.74) is -0.0887. The molecular formula is C14H8FN3O4. The third-order valence-electron chi connectivity index (χ3n) is 2.74. The van der Waals surface area contributed by atoms with E-state index >= 15 is 0 Å². The highest BCUT2D eigenvalue weighted by Crippen LogP contribution is 2.28. The first-order valence-corrected chi connectivity index (χ1v) is 5.96. The van der Waals surface area contributed by atoms with Crippen LogP contribution in [0.25, 0.3) is 0 Å². The summed E-state index contributed by atoms with van der Waals surface area (Å²) in [6.07, 6.45) is 0. The molecule has 2 aromatic rings. The van der Waals surface area contributed by atoms with Crippen LogP contribution >= 0.6 is 0 Å². The van der Waals surface area contributed by atoms with Gasteiger partial charge in [0.2, 0.25) is 5.75 Å². The van der Waals surface area contributed by atoms with Crippen molar-refractivity contribution < 1.29 is 18.8 Å². The number of nitriles is 1. The summed E-state index contributed by atoms with van der Waals surface area (Å²) >= 11 is 0. The Bertz CT molecular complexity index is 814. The normalized spacial score (nSPS) is 9.86. The third kappa shape index (κ3) is 3.04. The Kier molecular flexibility index (Phi) is 4.08. The van der Waals surface area contributed by atoms with E-state index in [0.29, 0.717) is 5.69 Å². The van der Waals surface area contributed by atoms with Crippen molar-refractivity contribution in [2.45, 2.75) is 6.92 Å². The average molecular weight is 301 g/mol. The Balaban J connectivity index is 2.33. The van der Waals surface area contributed by atoms with Crippen LogP contribution in [0.5, 0.6) is 5.75 Å². The van der Waals surface area contributed by atoms with Gasteiger partial charge in [0.15, 0.2) is 0 Å². The molecule has 1 aromatic carbocycles. The summed E-state index contributed by atoms with van der Waals surface area (Å²) < 4.78 is 18.0. The number of nitrogens with zero attached hydrogens (tertiary/aromatic N) is 3. The van der Waals surface area contributed by atoms with Crippen molar-refractivity contribution >= 4 is 11.7 Å². The van der Waals surface area contributed by atoms with Crippen LogP contribution in [0.15, 0.2) is 30.3 Å². The molecule has 1 aromatic heterocycles. The fraction of sp³-hybridized carbons (Fsp3) is 0.0714. The summed E-state index contributed by atoms with van der Waals surface area (Å²) in [6, 6.07) is 7.04. The van der Waals surface area contributed by atoms with Crippen LogP contribution in [-0.4, -0.2) is 15.9 Å². The van der Waals surface area contributed by atoms with E-state index < -0.39 is 28.1 Å². The van der Waals surface area contributed by atoms with Gasteiger partial charge in [0.05, 0.1) is 16.2 Å². The number of carbonyl (C=O) groups is 1. The SMILES string of the molecule is Cc1nc(C(=O)Oc2cc(F)ccc2[N+](=O)[O-])ccc1C#N. The molecule has 8 heteroatoms. The Hall–Kier alpha value is -3.34. The molecule has 0 aliphatic carbocycles. The van der Waals surface area contributed by atoms with E-state index in [1.165, 1.54) is 19.1 Å². The molecule has 0 N–H and O–H groups in total. The minimum Gasteiger partial charge on any atom is -0.414 e. The average Bonchev–Trinajstić information content (AvgIpc) is 2.46. The number of esters is 1. The van der Waals surface area contributed by atoms with Crippen molar-refractivity contribution in [2.24, 2.45) is 0 Å². The van der Waals surface area contributed by atoms with E-state index in [1.807, 2.05) is 6.07 Å². The number of nitro benzene ring substituents is 1. The highest BCUT2D eigenvalue weighted by molar-refractivity contribution is 5.89. The maximum Gasteiger partial charge on any atom is 0.362 e. The van der Waals surface area contributed by atoms with E-state index in [0.717, 1.165) is 18.2 Å². The lowest BCUT2D eigenvalue weighted by Gasteiger charge is -2.05. The third-order valence-corrected chi connectivity index (χ3v) is 2.74. The number of aromatic nitrogens is 1. The zero-order chi connectivity index (χ0) is 16.3. The number of pyridine rings is 1. The zero-order valence-corrected chi connectivity index (χ0v) is 11.2. The molecule has 0 radical (unpaired) electrons. The summed E-state index contributed by atoms with van der Waals surface area (Å²) in [4.78, 5) is 25.9. The summed E-state index contributed by atoms with van der Waals surface area (Å²) in [5, 5.41) is 19.6. The fourth-order valence-corrected chi connectivity index (χ4v) is 1.67. The molecule has 0 aliphatic heterocycles.